The molecule has 25 heavy (non-hydrogen) atoms. The summed E-state index contributed by atoms with van der Waals surface area (Å²) in [7, 11) is 0. The molecule has 0 fully saturated rings. The molecule has 0 aliphatic carbocycles. The van der Waals surface area contributed by atoms with Gasteiger partial charge in [-0.15, -0.1) is 0 Å². The molecule has 0 saturated heterocycles. The highest BCUT2D eigenvalue weighted by Gasteiger charge is 2.18. The van der Waals surface area contributed by atoms with Crippen LogP contribution in [0.1, 0.15) is 24.3 Å². The molecule has 0 aliphatic heterocycles. The molecule has 0 atom stereocenters. The lowest BCUT2D eigenvalue weighted by Crippen LogP contribution is -2.15. The Morgan fingerprint density at radius 3 is 2.36 bits per heavy atom. The van der Waals surface area contributed by atoms with Crippen molar-refractivity contribution in [2.45, 2.75) is 13.8 Å². The van der Waals surface area contributed by atoms with Gasteiger partial charge in [0, 0.05) is 5.69 Å². The Hall–Kier alpha value is -3.02. The molecule has 0 spiro atoms. The number of halogens is 1. The number of fused-ring (bicyclic) bond motifs is 1. The minimum absolute atomic E-state index is 0.101. The Balaban J connectivity index is 1.99. The number of nitrogens with one attached hydrogen (secondary N) is 1. The van der Waals surface area contributed by atoms with Gasteiger partial charge in [0.05, 0.1) is 17.6 Å². The van der Waals surface area contributed by atoms with Gasteiger partial charge in [-0.05, 0) is 42.3 Å². The van der Waals surface area contributed by atoms with Crippen LogP contribution >= 0.6 is 0 Å². The van der Waals surface area contributed by atoms with E-state index in [0.29, 0.717) is 23.3 Å². The largest absolute Gasteiger partial charge is 0.461 e. The number of hydrogen-bond donors (Lipinski definition) is 1. The van der Waals surface area contributed by atoms with E-state index in [4.69, 9.17) is 4.74 Å². The van der Waals surface area contributed by atoms with E-state index in [1.807, 2.05) is 26.0 Å². The third kappa shape index (κ3) is 4.09. The number of para-hydroxylation sites is 2. The first-order chi connectivity index (χ1) is 12.0. The molecule has 128 valence electrons. The van der Waals surface area contributed by atoms with Crippen molar-refractivity contribution < 1.29 is 13.9 Å². The number of esters is 1. The molecule has 1 N–H and O–H groups in total. The Kier molecular flexibility index (Phi) is 4.88. The van der Waals surface area contributed by atoms with Crippen LogP contribution in [-0.2, 0) is 4.74 Å². The molecule has 0 aliphatic rings. The molecule has 5 nitrogen and oxygen atoms in total. The van der Waals surface area contributed by atoms with Crippen LogP contribution < -0.4 is 5.32 Å². The topological polar surface area (TPSA) is 64.1 Å². The lowest BCUT2D eigenvalue weighted by Gasteiger charge is -2.12. The third-order valence-corrected chi connectivity index (χ3v) is 3.42. The summed E-state index contributed by atoms with van der Waals surface area (Å²) < 4.78 is 18.4. The summed E-state index contributed by atoms with van der Waals surface area (Å²) in [5, 5.41) is 3.02. The number of hydrogen-bond acceptors (Lipinski definition) is 5. The highest BCUT2D eigenvalue weighted by molar-refractivity contribution is 5.96. The van der Waals surface area contributed by atoms with Gasteiger partial charge >= 0.3 is 5.97 Å². The van der Waals surface area contributed by atoms with Gasteiger partial charge in [-0.3, -0.25) is 0 Å². The first-order valence-electron chi connectivity index (χ1n) is 7.99. The van der Waals surface area contributed by atoms with Gasteiger partial charge in [0.1, 0.15) is 5.82 Å². The molecule has 1 aromatic heterocycles. The molecule has 1 heterocycles. The molecular formula is C19H18FN3O2. The van der Waals surface area contributed by atoms with Crippen LogP contribution in [-0.4, -0.2) is 22.5 Å². The van der Waals surface area contributed by atoms with Crippen LogP contribution in [0.4, 0.5) is 15.9 Å². The Labute approximate surface area is 144 Å². The molecule has 3 aromatic rings. The number of nitrogens with zero attached hydrogens (tertiary/aromatic N) is 2. The Morgan fingerprint density at radius 2 is 1.72 bits per heavy atom. The first-order valence-corrected chi connectivity index (χ1v) is 7.99. The van der Waals surface area contributed by atoms with Gasteiger partial charge in [0.25, 0.3) is 0 Å². The highest BCUT2D eigenvalue weighted by atomic mass is 19.1. The molecule has 2 aromatic carbocycles. The second kappa shape index (κ2) is 7.25. The molecular weight excluding hydrogens is 321 g/mol. The van der Waals surface area contributed by atoms with Crippen LogP contribution in [0.15, 0.2) is 48.5 Å². The molecule has 0 radical (unpaired) electrons. The standard InChI is InChI=1S/C19H18FN3O2/c1-12(2)11-25-19(24)17-18(21-14-9-7-13(20)8-10-14)23-16-6-4-3-5-15(16)22-17/h3-10,12H,11H2,1-2H3,(H,21,23). The van der Waals surface area contributed by atoms with E-state index in [-0.39, 0.29) is 23.2 Å². The SMILES string of the molecule is CC(C)COC(=O)c1nc2ccccc2nc1Nc1ccc(F)cc1. The molecule has 0 unspecified atom stereocenters. The summed E-state index contributed by atoms with van der Waals surface area (Å²) in [6.07, 6.45) is 0. The summed E-state index contributed by atoms with van der Waals surface area (Å²) >= 11 is 0. The Bertz CT molecular complexity index is 895. The monoisotopic (exact) mass is 339 g/mol. The zero-order valence-corrected chi connectivity index (χ0v) is 14.0. The van der Waals surface area contributed by atoms with E-state index in [1.54, 1.807) is 24.3 Å². The van der Waals surface area contributed by atoms with E-state index in [2.05, 4.69) is 15.3 Å². The van der Waals surface area contributed by atoms with Gasteiger partial charge in [0.2, 0.25) is 0 Å². The second-order valence-corrected chi connectivity index (χ2v) is 6.03. The van der Waals surface area contributed by atoms with Gasteiger partial charge < -0.3 is 10.1 Å². The van der Waals surface area contributed by atoms with Crippen LogP contribution in [0.2, 0.25) is 0 Å². The van der Waals surface area contributed by atoms with Crippen LogP contribution in [0.25, 0.3) is 11.0 Å². The number of rotatable bonds is 5. The van der Waals surface area contributed by atoms with E-state index in [1.165, 1.54) is 12.1 Å². The predicted octanol–water partition coefficient (Wildman–Crippen LogP) is 4.33. The number of carbonyl (C=O) groups is 1. The number of carbonyl (C=O) groups excluding carboxylic acids is 1. The zero-order chi connectivity index (χ0) is 17.8. The Morgan fingerprint density at radius 1 is 1.08 bits per heavy atom. The maximum Gasteiger partial charge on any atom is 0.360 e. The number of benzene rings is 2. The van der Waals surface area contributed by atoms with Crippen LogP contribution in [0.5, 0.6) is 0 Å². The average molecular weight is 339 g/mol. The van der Waals surface area contributed by atoms with E-state index < -0.39 is 5.97 Å². The number of ether oxygens (including phenoxy) is 1. The summed E-state index contributed by atoms with van der Waals surface area (Å²) in [5.41, 5.74) is 1.95. The molecule has 0 bridgehead atoms. The fraction of sp³-hybridized carbons (Fsp3) is 0.211. The van der Waals surface area contributed by atoms with Crippen molar-refractivity contribution in [1.82, 2.24) is 9.97 Å². The normalized spacial score (nSPS) is 10.9. The first kappa shape index (κ1) is 16.8. The fourth-order valence-corrected chi connectivity index (χ4v) is 2.21. The second-order valence-electron chi connectivity index (χ2n) is 6.03. The molecule has 3 rings (SSSR count). The minimum Gasteiger partial charge on any atom is -0.461 e. The van der Waals surface area contributed by atoms with Crippen molar-refractivity contribution in [1.29, 1.82) is 0 Å². The van der Waals surface area contributed by atoms with Crippen molar-refractivity contribution in [2.75, 3.05) is 11.9 Å². The lowest BCUT2D eigenvalue weighted by atomic mass is 10.2. The average Bonchev–Trinajstić information content (AvgIpc) is 2.61. The van der Waals surface area contributed by atoms with E-state index in [9.17, 15) is 9.18 Å². The van der Waals surface area contributed by atoms with Crippen molar-refractivity contribution >= 4 is 28.5 Å². The van der Waals surface area contributed by atoms with Crippen molar-refractivity contribution in [3.8, 4) is 0 Å². The highest BCUT2D eigenvalue weighted by Crippen LogP contribution is 2.22. The van der Waals surface area contributed by atoms with Crippen molar-refractivity contribution in [3.05, 3.63) is 60.0 Å². The van der Waals surface area contributed by atoms with Gasteiger partial charge in [0.15, 0.2) is 11.5 Å². The maximum atomic E-state index is 13.1. The zero-order valence-electron chi connectivity index (χ0n) is 14.0. The number of aromatic nitrogens is 2. The van der Waals surface area contributed by atoms with E-state index in [0.717, 1.165) is 0 Å². The minimum atomic E-state index is -0.545. The van der Waals surface area contributed by atoms with Crippen molar-refractivity contribution in [3.63, 3.8) is 0 Å². The third-order valence-electron chi connectivity index (χ3n) is 3.42. The molecule has 0 amide bonds. The molecule has 6 heteroatoms. The summed E-state index contributed by atoms with van der Waals surface area (Å²) in [6.45, 7) is 4.21. The van der Waals surface area contributed by atoms with E-state index >= 15 is 0 Å². The summed E-state index contributed by atoms with van der Waals surface area (Å²) in [5.74, 6) is -0.395. The lowest BCUT2D eigenvalue weighted by molar-refractivity contribution is 0.0453. The smallest absolute Gasteiger partial charge is 0.360 e. The van der Waals surface area contributed by atoms with Gasteiger partial charge in [-0.25, -0.2) is 19.2 Å². The van der Waals surface area contributed by atoms with Gasteiger partial charge in [-0.1, -0.05) is 26.0 Å². The molecule has 0 saturated carbocycles. The number of anilines is 2. The maximum absolute atomic E-state index is 13.1. The predicted molar refractivity (Wildman–Crippen MR) is 94.3 cm³/mol. The summed E-state index contributed by atoms with van der Waals surface area (Å²) in [6, 6.07) is 13.0. The van der Waals surface area contributed by atoms with Gasteiger partial charge in [-0.2, -0.15) is 0 Å². The van der Waals surface area contributed by atoms with Crippen molar-refractivity contribution in [2.24, 2.45) is 5.92 Å². The van der Waals surface area contributed by atoms with Crippen LogP contribution in [0.3, 0.4) is 0 Å². The van der Waals surface area contributed by atoms with Crippen LogP contribution in [0, 0.1) is 11.7 Å². The summed E-state index contributed by atoms with van der Waals surface area (Å²) in [4.78, 5) is 21.3. The quantitative estimate of drug-likeness (QED) is 0.701. The fourth-order valence-electron chi connectivity index (χ4n) is 2.21.